The van der Waals surface area contributed by atoms with Crippen molar-refractivity contribution in [2.75, 3.05) is 6.61 Å². The van der Waals surface area contributed by atoms with Crippen molar-refractivity contribution in [3.63, 3.8) is 0 Å². The molecule has 0 aromatic carbocycles. The third-order valence-corrected chi connectivity index (χ3v) is 2.30. The minimum atomic E-state index is -1.39. The molecule has 0 saturated carbocycles. The normalized spacial score (nSPS) is 41.6. The van der Waals surface area contributed by atoms with Crippen LogP contribution >= 0.6 is 0 Å². The SMILES string of the molecule is CCC1(C(N)=O)OCC(O)C1O. The molecule has 0 bridgehead atoms. The molecule has 1 heterocycles. The van der Waals surface area contributed by atoms with Gasteiger partial charge in [0.2, 0.25) is 0 Å². The maximum atomic E-state index is 10.9. The van der Waals surface area contributed by atoms with Gasteiger partial charge in [0.25, 0.3) is 5.91 Å². The summed E-state index contributed by atoms with van der Waals surface area (Å²) in [6.07, 6.45) is -1.96. The first-order valence-electron chi connectivity index (χ1n) is 3.84. The lowest BCUT2D eigenvalue weighted by Crippen LogP contribution is -2.52. The van der Waals surface area contributed by atoms with Crippen LogP contribution in [0.25, 0.3) is 0 Å². The molecule has 1 rings (SSSR count). The highest BCUT2D eigenvalue weighted by Gasteiger charge is 2.52. The number of primary amides is 1. The Hall–Kier alpha value is -0.650. The van der Waals surface area contributed by atoms with Gasteiger partial charge in [0.15, 0.2) is 5.60 Å². The zero-order valence-electron chi connectivity index (χ0n) is 6.86. The molecular formula is C7H13NO4. The van der Waals surface area contributed by atoms with E-state index in [1.807, 2.05) is 0 Å². The Bertz CT molecular complexity index is 196. The maximum absolute atomic E-state index is 10.9. The molecule has 0 aliphatic carbocycles. The van der Waals surface area contributed by atoms with Crippen molar-refractivity contribution in [2.45, 2.75) is 31.2 Å². The topological polar surface area (TPSA) is 92.8 Å². The zero-order chi connectivity index (χ0) is 9.35. The van der Waals surface area contributed by atoms with Crippen LogP contribution in [0.2, 0.25) is 0 Å². The molecule has 5 heteroatoms. The largest absolute Gasteiger partial charge is 0.388 e. The van der Waals surface area contributed by atoms with Crippen LogP contribution in [0.4, 0.5) is 0 Å². The Morgan fingerprint density at radius 1 is 1.75 bits per heavy atom. The van der Waals surface area contributed by atoms with E-state index in [1.54, 1.807) is 6.92 Å². The summed E-state index contributed by atoms with van der Waals surface area (Å²) >= 11 is 0. The number of amides is 1. The number of hydrogen-bond acceptors (Lipinski definition) is 4. The molecule has 5 nitrogen and oxygen atoms in total. The number of aliphatic hydroxyl groups is 2. The lowest BCUT2D eigenvalue weighted by atomic mass is 9.92. The first-order valence-corrected chi connectivity index (χ1v) is 3.84. The van der Waals surface area contributed by atoms with Gasteiger partial charge in [-0.15, -0.1) is 0 Å². The summed E-state index contributed by atoms with van der Waals surface area (Å²) in [6.45, 7) is 1.63. The summed E-state index contributed by atoms with van der Waals surface area (Å²) in [6, 6.07) is 0. The number of aliphatic hydroxyl groups excluding tert-OH is 2. The van der Waals surface area contributed by atoms with E-state index < -0.39 is 23.7 Å². The molecule has 0 aromatic heterocycles. The number of carbonyl (C=O) groups excluding carboxylic acids is 1. The van der Waals surface area contributed by atoms with E-state index in [1.165, 1.54) is 0 Å². The van der Waals surface area contributed by atoms with E-state index in [4.69, 9.17) is 15.6 Å². The Labute approximate surface area is 70.1 Å². The fraction of sp³-hybridized carbons (Fsp3) is 0.857. The average Bonchev–Trinajstić information content (AvgIpc) is 2.31. The van der Waals surface area contributed by atoms with Gasteiger partial charge in [-0.05, 0) is 6.42 Å². The Balaban J connectivity index is 2.88. The second-order valence-corrected chi connectivity index (χ2v) is 2.93. The molecule has 12 heavy (non-hydrogen) atoms. The quantitative estimate of drug-likeness (QED) is 0.470. The standard InChI is InChI=1S/C7H13NO4/c1-2-7(6(8)11)5(10)4(9)3-12-7/h4-5,9-10H,2-3H2,1H3,(H2,8,11). The van der Waals surface area contributed by atoms with Crippen molar-refractivity contribution in [1.29, 1.82) is 0 Å². The summed E-state index contributed by atoms with van der Waals surface area (Å²) in [5.41, 5.74) is 3.67. The lowest BCUT2D eigenvalue weighted by Gasteiger charge is -2.26. The molecule has 0 spiro atoms. The van der Waals surface area contributed by atoms with Crippen LogP contribution in [0.3, 0.4) is 0 Å². The van der Waals surface area contributed by atoms with Crippen molar-refractivity contribution in [2.24, 2.45) is 5.73 Å². The van der Waals surface area contributed by atoms with Crippen molar-refractivity contribution >= 4 is 5.91 Å². The molecule has 0 radical (unpaired) electrons. The van der Waals surface area contributed by atoms with Gasteiger partial charge >= 0.3 is 0 Å². The van der Waals surface area contributed by atoms with Crippen molar-refractivity contribution < 1.29 is 19.7 Å². The first-order chi connectivity index (χ1) is 5.54. The van der Waals surface area contributed by atoms with Crippen molar-refractivity contribution in [3.05, 3.63) is 0 Å². The first kappa shape index (κ1) is 9.44. The second kappa shape index (κ2) is 3.01. The van der Waals surface area contributed by atoms with Crippen LogP contribution in [0.1, 0.15) is 13.3 Å². The fourth-order valence-electron chi connectivity index (χ4n) is 1.42. The monoisotopic (exact) mass is 175 g/mol. The average molecular weight is 175 g/mol. The maximum Gasteiger partial charge on any atom is 0.252 e. The predicted molar refractivity (Wildman–Crippen MR) is 40.2 cm³/mol. The molecule has 1 fully saturated rings. The van der Waals surface area contributed by atoms with Gasteiger partial charge < -0.3 is 20.7 Å². The molecule has 1 amide bonds. The summed E-state index contributed by atoms with van der Waals surface area (Å²) < 4.78 is 5.00. The van der Waals surface area contributed by atoms with Crippen LogP contribution < -0.4 is 5.73 Å². The van der Waals surface area contributed by atoms with E-state index in [2.05, 4.69) is 0 Å². The van der Waals surface area contributed by atoms with Crippen molar-refractivity contribution in [1.82, 2.24) is 0 Å². The number of hydrogen-bond donors (Lipinski definition) is 3. The Kier molecular flexibility index (Phi) is 2.36. The third-order valence-electron chi connectivity index (χ3n) is 2.30. The van der Waals surface area contributed by atoms with E-state index in [0.29, 0.717) is 0 Å². The summed E-state index contributed by atoms with van der Waals surface area (Å²) in [5.74, 6) is -0.728. The second-order valence-electron chi connectivity index (χ2n) is 2.93. The van der Waals surface area contributed by atoms with Gasteiger partial charge in [-0.25, -0.2) is 0 Å². The molecule has 0 aromatic rings. The van der Waals surface area contributed by atoms with E-state index in [0.717, 1.165) is 0 Å². The van der Waals surface area contributed by atoms with Gasteiger partial charge in [-0.2, -0.15) is 0 Å². The molecular weight excluding hydrogens is 162 g/mol. The molecule has 1 saturated heterocycles. The minimum Gasteiger partial charge on any atom is -0.388 e. The van der Waals surface area contributed by atoms with Gasteiger partial charge in [-0.3, -0.25) is 4.79 Å². The van der Waals surface area contributed by atoms with Crippen LogP contribution in [0, 0.1) is 0 Å². The number of ether oxygens (including phenoxy) is 1. The van der Waals surface area contributed by atoms with E-state index in [-0.39, 0.29) is 13.0 Å². The predicted octanol–water partition coefficient (Wildman–Crippen LogP) is -1.63. The zero-order valence-corrected chi connectivity index (χ0v) is 6.86. The Morgan fingerprint density at radius 2 is 2.33 bits per heavy atom. The molecule has 1 aliphatic rings. The minimum absolute atomic E-state index is 0.0437. The Morgan fingerprint density at radius 3 is 2.50 bits per heavy atom. The number of carbonyl (C=O) groups is 1. The smallest absolute Gasteiger partial charge is 0.252 e. The molecule has 3 atom stereocenters. The van der Waals surface area contributed by atoms with Crippen LogP contribution in [-0.4, -0.2) is 40.5 Å². The van der Waals surface area contributed by atoms with Gasteiger partial charge in [0, 0.05) is 0 Å². The highest BCUT2D eigenvalue weighted by Crippen LogP contribution is 2.29. The van der Waals surface area contributed by atoms with Gasteiger partial charge in [-0.1, -0.05) is 6.92 Å². The van der Waals surface area contributed by atoms with Crippen molar-refractivity contribution in [3.8, 4) is 0 Å². The van der Waals surface area contributed by atoms with E-state index >= 15 is 0 Å². The van der Waals surface area contributed by atoms with Gasteiger partial charge in [0.1, 0.15) is 12.2 Å². The molecule has 3 unspecified atom stereocenters. The molecule has 4 N–H and O–H groups in total. The summed E-state index contributed by atoms with van der Waals surface area (Å²) in [5, 5.41) is 18.5. The summed E-state index contributed by atoms with van der Waals surface area (Å²) in [4.78, 5) is 10.9. The third kappa shape index (κ3) is 1.10. The highest BCUT2D eigenvalue weighted by atomic mass is 16.5. The number of rotatable bonds is 2. The van der Waals surface area contributed by atoms with Crippen LogP contribution in [-0.2, 0) is 9.53 Å². The lowest BCUT2D eigenvalue weighted by molar-refractivity contribution is -0.147. The van der Waals surface area contributed by atoms with Crippen LogP contribution in [0.15, 0.2) is 0 Å². The summed E-state index contributed by atoms with van der Waals surface area (Å²) in [7, 11) is 0. The van der Waals surface area contributed by atoms with Crippen LogP contribution in [0.5, 0.6) is 0 Å². The number of nitrogens with two attached hydrogens (primary N) is 1. The fourth-order valence-corrected chi connectivity index (χ4v) is 1.42. The van der Waals surface area contributed by atoms with Gasteiger partial charge in [0.05, 0.1) is 6.61 Å². The van der Waals surface area contributed by atoms with E-state index in [9.17, 15) is 9.90 Å². The highest BCUT2D eigenvalue weighted by molar-refractivity contribution is 5.84. The molecule has 1 aliphatic heterocycles. The molecule has 70 valence electrons.